The fourth-order valence-corrected chi connectivity index (χ4v) is 7.41. The Balaban J connectivity index is 4.09. The van der Waals surface area contributed by atoms with Gasteiger partial charge in [0.2, 0.25) is 0 Å². The smallest absolute Gasteiger partial charge is 0.306 e. The van der Waals surface area contributed by atoms with E-state index in [4.69, 9.17) is 18.5 Å². The molecule has 0 fully saturated rings. The van der Waals surface area contributed by atoms with Gasteiger partial charge in [0.25, 0.3) is 7.82 Å². The first kappa shape index (κ1) is 59.7. The van der Waals surface area contributed by atoms with Gasteiger partial charge in [0.05, 0.1) is 27.7 Å². The van der Waals surface area contributed by atoms with E-state index in [2.05, 4.69) is 74.6 Å². The van der Waals surface area contributed by atoms with Crippen LogP contribution in [0, 0.1) is 0 Å². The van der Waals surface area contributed by atoms with Crippen LogP contribution in [0.1, 0.15) is 206 Å². The van der Waals surface area contributed by atoms with E-state index < -0.39 is 26.5 Å². The average molecular weight is 892 g/mol. The lowest BCUT2D eigenvalue weighted by atomic mass is 10.0. The first-order chi connectivity index (χ1) is 30.0. The lowest BCUT2D eigenvalue weighted by Crippen LogP contribution is -2.37. The number of esters is 2. The zero-order chi connectivity index (χ0) is 45.7. The summed E-state index contributed by atoms with van der Waals surface area (Å²) in [7, 11) is 1.16. The van der Waals surface area contributed by atoms with Gasteiger partial charge in [0, 0.05) is 12.8 Å². The van der Waals surface area contributed by atoms with Crippen molar-refractivity contribution >= 4 is 19.8 Å². The third-order valence-corrected chi connectivity index (χ3v) is 11.5. The largest absolute Gasteiger partial charge is 0.756 e. The number of ether oxygens (including phenoxy) is 2. The molecular weight excluding hydrogens is 798 g/mol. The number of unbranched alkanes of at least 4 members (excludes halogenated alkanes) is 21. The van der Waals surface area contributed by atoms with Crippen LogP contribution in [0.4, 0.5) is 0 Å². The first-order valence-electron chi connectivity index (χ1n) is 25.0. The van der Waals surface area contributed by atoms with Crippen LogP contribution in [-0.4, -0.2) is 70.0 Å². The zero-order valence-electron chi connectivity index (χ0n) is 40.6. The number of allylic oxidation sites excluding steroid dienone is 10. The molecule has 0 saturated heterocycles. The van der Waals surface area contributed by atoms with Gasteiger partial charge in [-0.25, -0.2) is 0 Å². The zero-order valence-corrected chi connectivity index (χ0v) is 41.4. The molecule has 62 heavy (non-hydrogen) atoms. The van der Waals surface area contributed by atoms with Gasteiger partial charge in [-0.05, 0) is 57.8 Å². The van der Waals surface area contributed by atoms with Crippen molar-refractivity contribution in [2.45, 2.75) is 213 Å². The summed E-state index contributed by atoms with van der Waals surface area (Å²) >= 11 is 0. The third-order valence-electron chi connectivity index (χ3n) is 10.6. The lowest BCUT2D eigenvalue weighted by Gasteiger charge is -2.28. The highest BCUT2D eigenvalue weighted by molar-refractivity contribution is 7.45. The van der Waals surface area contributed by atoms with Crippen molar-refractivity contribution < 1.29 is 42.1 Å². The number of carbonyl (C=O) groups is 2. The molecule has 0 radical (unpaired) electrons. The van der Waals surface area contributed by atoms with E-state index >= 15 is 0 Å². The summed E-state index contributed by atoms with van der Waals surface area (Å²) in [4.78, 5) is 37.5. The van der Waals surface area contributed by atoms with E-state index in [1.54, 1.807) is 0 Å². The van der Waals surface area contributed by atoms with Crippen LogP contribution < -0.4 is 4.89 Å². The van der Waals surface area contributed by atoms with Crippen molar-refractivity contribution in [2.24, 2.45) is 0 Å². The highest BCUT2D eigenvalue weighted by Gasteiger charge is 2.21. The van der Waals surface area contributed by atoms with Gasteiger partial charge in [0.1, 0.15) is 19.8 Å². The second-order valence-electron chi connectivity index (χ2n) is 17.8. The normalized spacial score (nSPS) is 14.0. The Morgan fingerprint density at radius 3 is 1.37 bits per heavy atom. The molecule has 0 aromatic heterocycles. The van der Waals surface area contributed by atoms with Crippen molar-refractivity contribution in [3.05, 3.63) is 60.8 Å². The average Bonchev–Trinajstić information content (AvgIpc) is 3.23. The van der Waals surface area contributed by atoms with Crippen LogP contribution in [0.5, 0.6) is 0 Å². The molecule has 0 aliphatic carbocycles. The predicted molar refractivity (Wildman–Crippen MR) is 259 cm³/mol. The summed E-state index contributed by atoms with van der Waals surface area (Å²) in [6, 6.07) is 0. The summed E-state index contributed by atoms with van der Waals surface area (Å²) in [6.45, 7) is 4.09. The summed E-state index contributed by atoms with van der Waals surface area (Å²) in [5.74, 6) is -0.836. The maximum Gasteiger partial charge on any atom is 0.306 e. The quantitative estimate of drug-likeness (QED) is 0.0195. The summed E-state index contributed by atoms with van der Waals surface area (Å²) in [5, 5.41) is 0. The Labute approximate surface area is 381 Å². The highest BCUT2D eigenvalue weighted by atomic mass is 31.2. The maximum atomic E-state index is 12.7. The van der Waals surface area contributed by atoms with Crippen LogP contribution in [0.25, 0.3) is 0 Å². The van der Waals surface area contributed by atoms with Crippen molar-refractivity contribution in [3.8, 4) is 0 Å². The summed E-state index contributed by atoms with van der Waals surface area (Å²) < 4.78 is 33.9. The van der Waals surface area contributed by atoms with E-state index in [0.717, 1.165) is 70.6 Å². The van der Waals surface area contributed by atoms with Crippen LogP contribution in [0.2, 0.25) is 0 Å². The fourth-order valence-electron chi connectivity index (χ4n) is 6.68. The van der Waals surface area contributed by atoms with E-state index in [1.807, 2.05) is 21.1 Å². The van der Waals surface area contributed by atoms with Gasteiger partial charge in [-0.3, -0.25) is 14.2 Å². The third kappa shape index (κ3) is 47.2. The van der Waals surface area contributed by atoms with Crippen LogP contribution in [0.15, 0.2) is 60.8 Å². The number of nitrogens with zero attached hydrogens (tertiary/aromatic N) is 1. The van der Waals surface area contributed by atoms with Gasteiger partial charge >= 0.3 is 11.9 Å². The fraction of sp³-hybridized carbons (Fsp3) is 0.769. The minimum atomic E-state index is -4.62. The Morgan fingerprint density at radius 2 is 0.919 bits per heavy atom. The molecule has 0 rings (SSSR count). The molecule has 0 aliphatic heterocycles. The predicted octanol–water partition coefficient (Wildman–Crippen LogP) is 14.2. The van der Waals surface area contributed by atoms with Gasteiger partial charge < -0.3 is 27.9 Å². The Kier molecular flexibility index (Phi) is 42.3. The number of hydrogen-bond acceptors (Lipinski definition) is 8. The van der Waals surface area contributed by atoms with Gasteiger partial charge in [-0.2, -0.15) is 0 Å². The minimum absolute atomic E-state index is 0.0314. The molecule has 2 atom stereocenters. The molecule has 0 heterocycles. The molecule has 10 heteroatoms. The first-order valence-corrected chi connectivity index (χ1v) is 26.5. The van der Waals surface area contributed by atoms with Crippen LogP contribution in [0.3, 0.4) is 0 Å². The molecule has 0 aliphatic rings. The lowest BCUT2D eigenvalue weighted by molar-refractivity contribution is -0.870. The summed E-state index contributed by atoms with van der Waals surface area (Å²) in [5.41, 5.74) is 0. The molecular formula is C52H94NO8P. The van der Waals surface area contributed by atoms with Gasteiger partial charge in [-0.15, -0.1) is 0 Å². The number of quaternary nitrogens is 1. The molecule has 0 bridgehead atoms. The second kappa shape index (κ2) is 43.9. The van der Waals surface area contributed by atoms with Crippen molar-refractivity contribution in [2.75, 3.05) is 47.5 Å². The number of likely N-dealkylation sites (N-methyl/N-ethyl adjacent to an activating group) is 1. The molecule has 0 saturated carbocycles. The van der Waals surface area contributed by atoms with E-state index in [0.29, 0.717) is 17.4 Å². The standard InChI is InChI=1S/C52H94NO8P/c1-6-8-10-12-14-16-17-18-19-20-21-22-23-24-25-26-27-28-29-30-31-32-33-34-35-37-39-41-43-45-52(55)61-50(49-60-62(56,57)59-47-46-53(3,4)5)48-58-51(54)44-42-40-38-36-15-13-11-9-7-2/h8,10,14,16,18-19,21-22,24-25,50H,6-7,9,11-13,15,17,20,23,26-49H2,1-5H3/b10-8-,16-14-,19-18-,22-21-,25-24-. The monoisotopic (exact) mass is 892 g/mol. The molecule has 0 spiro atoms. The number of hydrogen-bond donors (Lipinski definition) is 0. The van der Waals surface area contributed by atoms with Crippen LogP contribution in [-0.2, 0) is 32.7 Å². The Morgan fingerprint density at radius 1 is 0.516 bits per heavy atom. The van der Waals surface area contributed by atoms with E-state index in [-0.39, 0.29) is 32.0 Å². The summed E-state index contributed by atoms with van der Waals surface area (Å²) in [6.07, 6.45) is 54.1. The molecule has 9 nitrogen and oxygen atoms in total. The SMILES string of the molecule is CC/C=C\C/C=C\C/C=C\C/C=C\C/C=C\CCCCCCCCCCCCCCCC(=O)OC(COC(=O)CCCCCCCCCCC)COP(=O)([O-])OCC[N+](C)(C)C. The topological polar surface area (TPSA) is 111 Å². The molecule has 0 aromatic carbocycles. The van der Waals surface area contributed by atoms with E-state index in [1.165, 1.54) is 103 Å². The number of phosphoric acid groups is 1. The van der Waals surface area contributed by atoms with Crippen molar-refractivity contribution in [3.63, 3.8) is 0 Å². The second-order valence-corrected chi connectivity index (χ2v) is 19.2. The molecule has 360 valence electrons. The van der Waals surface area contributed by atoms with Gasteiger partial charge in [-0.1, -0.05) is 197 Å². The van der Waals surface area contributed by atoms with E-state index in [9.17, 15) is 19.0 Å². The number of carbonyl (C=O) groups excluding carboxylic acids is 2. The maximum absolute atomic E-state index is 12.7. The minimum Gasteiger partial charge on any atom is -0.756 e. The van der Waals surface area contributed by atoms with Crippen molar-refractivity contribution in [1.82, 2.24) is 0 Å². The molecule has 0 aromatic rings. The van der Waals surface area contributed by atoms with Crippen LogP contribution >= 0.6 is 7.82 Å². The highest BCUT2D eigenvalue weighted by Crippen LogP contribution is 2.38. The Bertz CT molecular complexity index is 1240. The molecule has 0 N–H and O–H groups in total. The number of phosphoric ester groups is 1. The molecule has 0 amide bonds. The van der Waals surface area contributed by atoms with Crippen molar-refractivity contribution in [1.29, 1.82) is 0 Å². The Hall–Kier alpha value is -2.29. The molecule has 2 unspecified atom stereocenters. The number of rotatable bonds is 45. The van der Waals surface area contributed by atoms with Gasteiger partial charge in [0.15, 0.2) is 6.10 Å².